The van der Waals surface area contributed by atoms with Crippen LogP contribution in [0, 0.1) is 5.82 Å². The number of benzene rings is 1. The van der Waals surface area contributed by atoms with Gasteiger partial charge in [-0.15, -0.1) is 12.4 Å². The standard InChI is InChI=1S/C11H14BrFN2O2S.ClH/c12-8-1-2-11(10(13)7-8)18(16,17)15-5-3-9(14)4-6-15;/h1-2,7,9H,3-6,14H2;1H. The first-order chi connectivity index (χ1) is 8.41. The maximum Gasteiger partial charge on any atom is 0.245 e. The van der Waals surface area contributed by atoms with Gasteiger partial charge >= 0.3 is 0 Å². The van der Waals surface area contributed by atoms with Gasteiger partial charge in [0, 0.05) is 23.6 Å². The molecule has 0 amide bonds. The Morgan fingerprint density at radius 1 is 1.32 bits per heavy atom. The fourth-order valence-electron chi connectivity index (χ4n) is 1.94. The van der Waals surface area contributed by atoms with Crippen LogP contribution in [-0.4, -0.2) is 31.9 Å². The molecule has 2 N–H and O–H groups in total. The lowest BCUT2D eigenvalue weighted by Gasteiger charge is -2.29. The second-order valence-electron chi connectivity index (χ2n) is 4.32. The summed E-state index contributed by atoms with van der Waals surface area (Å²) < 4.78 is 40.0. The molecule has 0 radical (unpaired) electrons. The quantitative estimate of drug-likeness (QED) is 0.864. The van der Waals surface area contributed by atoms with E-state index >= 15 is 0 Å². The Morgan fingerprint density at radius 3 is 2.42 bits per heavy atom. The number of nitrogens with two attached hydrogens (primary N) is 1. The van der Waals surface area contributed by atoms with Gasteiger partial charge in [0.05, 0.1) is 0 Å². The fourth-order valence-corrected chi connectivity index (χ4v) is 3.79. The van der Waals surface area contributed by atoms with Crippen molar-refractivity contribution in [1.82, 2.24) is 4.31 Å². The summed E-state index contributed by atoms with van der Waals surface area (Å²) in [6.45, 7) is 0.692. The molecular formula is C11H15BrClFN2O2S. The Bertz CT molecular complexity index is 548. The highest BCUT2D eigenvalue weighted by Gasteiger charge is 2.30. The van der Waals surface area contributed by atoms with E-state index in [2.05, 4.69) is 15.9 Å². The Labute approximate surface area is 126 Å². The van der Waals surface area contributed by atoms with E-state index in [1.165, 1.54) is 16.4 Å². The third kappa shape index (κ3) is 3.66. The van der Waals surface area contributed by atoms with Crippen molar-refractivity contribution in [1.29, 1.82) is 0 Å². The first-order valence-corrected chi connectivity index (χ1v) is 7.85. The highest BCUT2D eigenvalue weighted by Crippen LogP contribution is 2.24. The molecule has 1 aliphatic heterocycles. The van der Waals surface area contributed by atoms with Gasteiger partial charge in [-0.1, -0.05) is 15.9 Å². The van der Waals surface area contributed by atoms with Crippen molar-refractivity contribution < 1.29 is 12.8 Å². The summed E-state index contributed by atoms with van der Waals surface area (Å²) in [5, 5.41) is 0. The van der Waals surface area contributed by atoms with Gasteiger partial charge in [-0.05, 0) is 31.0 Å². The minimum Gasteiger partial charge on any atom is -0.328 e. The molecule has 0 saturated carbocycles. The zero-order valence-electron chi connectivity index (χ0n) is 10.1. The maximum absolute atomic E-state index is 13.7. The molecule has 1 heterocycles. The van der Waals surface area contributed by atoms with Crippen LogP contribution in [0.25, 0.3) is 0 Å². The van der Waals surface area contributed by atoms with Crippen LogP contribution in [0.3, 0.4) is 0 Å². The van der Waals surface area contributed by atoms with Crippen LogP contribution in [0.4, 0.5) is 4.39 Å². The molecule has 1 saturated heterocycles. The topological polar surface area (TPSA) is 63.4 Å². The van der Waals surface area contributed by atoms with Crippen LogP contribution in [-0.2, 0) is 10.0 Å². The second-order valence-corrected chi connectivity index (χ2v) is 7.14. The van der Waals surface area contributed by atoms with E-state index in [1.807, 2.05) is 0 Å². The van der Waals surface area contributed by atoms with Crippen LogP contribution in [0.15, 0.2) is 27.6 Å². The minimum atomic E-state index is -3.75. The molecule has 1 aromatic rings. The zero-order chi connectivity index (χ0) is 13.3. The molecular weight excluding hydrogens is 359 g/mol. The Kier molecular flexibility index (Phi) is 5.76. The van der Waals surface area contributed by atoms with E-state index in [4.69, 9.17) is 5.73 Å². The molecule has 1 aromatic carbocycles. The lowest BCUT2D eigenvalue weighted by Crippen LogP contribution is -2.42. The van der Waals surface area contributed by atoms with Crippen molar-refractivity contribution in [2.24, 2.45) is 5.73 Å². The minimum absolute atomic E-state index is 0. The van der Waals surface area contributed by atoms with E-state index in [0.29, 0.717) is 30.4 Å². The van der Waals surface area contributed by atoms with Crippen molar-refractivity contribution in [3.8, 4) is 0 Å². The first-order valence-electron chi connectivity index (χ1n) is 5.62. The second kappa shape index (κ2) is 6.49. The smallest absolute Gasteiger partial charge is 0.245 e. The Hall–Kier alpha value is -0.210. The summed E-state index contributed by atoms with van der Waals surface area (Å²) in [6.07, 6.45) is 1.22. The molecule has 0 atom stereocenters. The third-order valence-electron chi connectivity index (χ3n) is 3.01. The predicted molar refractivity (Wildman–Crippen MR) is 77.3 cm³/mol. The average Bonchev–Trinajstić information content (AvgIpc) is 2.29. The lowest BCUT2D eigenvalue weighted by molar-refractivity contribution is 0.319. The van der Waals surface area contributed by atoms with Gasteiger partial charge in [0.15, 0.2) is 0 Å². The van der Waals surface area contributed by atoms with E-state index in [1.54, 1.807) is 0 Å². The maximum atomic E-state index is 13.7. The zero-order valence-corrected chi connectivity index (χ0v) is 13.3. The molecule has 0 aromatic heterocycles. The van der Waals surface area contributed by atoms with Crippen molar-refractivity contribution >= 4 is 38.4 Å². The molecule has 1 fully saturated rings. The number of halogens is 3. The van der Waals surface area contributed by atoms with Crippen LogP contribution >= 0.6 is 28.3 Å². The highest BCUT2D eigenvalue weighted by atomic mass is 79.9. The van der Waals surface area contributed by atoms with Crippen LogP contribution in [0.2, 0.25) is 0 Å². The van der Waals surface area contributed by atoms with Crippen molar-refractivity contribution in [3.05, 3.63) is 28.5 Å². The van der Waals surface area contributed by atoms with Crippen molar-refractivity contribution in [2.75, 3.05) is 13.1 Å². The molecule has 4 nitrogen and oxygen atoms in total. The van der Waals surface area contributed by atoms with Gasteiger partial charge in [0.25, 0.3) is 0 Å². The highest BCUT2D eigenvalue weighted by molar-refractivity contribution is 9.10. The average molecular weight is 374 g/mol. The first kappa shape index (κ1) is 16.8. The molecule has 0 bridgehead atoms. The number of hydrogen-bond acceptors (Lipinski definition) is 3. The summed E-state index contributed by atoms with van der Waals surface area (Å²) in [5.74, 6) is -0.737. The molecule has 0 aliphatic carbocycles. The molecule has 19 heavy (non-hydrogen) atoms. The largest absolute Gasteiger partial charge is 0.328 e. The molecule has 8 heteroatoms. The Morgan fingerprint density at radius 2 is 1.89 bits per heavy atom. The molecule has 0 unspecified atom stereocenters. The van der Waals surface area contributed by atoms with Gasteiger partial charge in [-0.25, -0.2) is 12.8 Å². The number of hydrogen-bond donors (Lipinski definition) is 1. The molecule has 108 valence electrons. The number of rotatable bonds is 2. The van der Waals surface area contributed by atoms with E-state index < -0.39 is 15.8 Å². The SMILES string of the molecule is Cl.NC1CCN(S(=O)(=O)c2ccc(Br)cc2F)CC1. The van der Waals surface area contributed by atoms with E-state index in [-0.39, 0.29) is 23.3 Å². The Balaban J connectivity index is 0.00000180. The van der Waals surface area contributed by atoms with Crippen LogP contribution in [0.1, 0.15) is 12.8 Å². The number of nitrogens with zero attached hydrogens (tertiary/aromatic N) is 1. The predicted octanol–water partition coefficient (Wildman–Crippen LogP) is 2.12. The summed E-state index contributed by atoms with van der Waals surface area (Å²) in [7, 11) is -3.75. The van der Waals surface area contributed by atoms with Crippen LogP contribution in [0.5, 0.6) is 0 Å². The molecule has 2 rings (SSSR count). The van der Waals surface area contributed by atoms with Gasteiger partial charge in [0.1, 0.15) is 10.7 Å². The number of sulfonamides is 1. The monoisotopic (exact) mass is 372 g/mol. The van der Waals surface area contributed by atoms with E-state index in [0.717, 1.165) is 6.07 Å². The van der Waals surface area contributed by atoms with Gasteiger partial charge in [-0.3, -0.25) is 0 Å². The van der Waals surface area contributed by atoms with Crippen molar-refractivity contribution in [3.63, 3.8) is 0 Å². The van der Waals surface area contributed by atoms with E-state index in [9.17, 15) is 12.8 Å². The normalized spacial score (nSPS) is 18.1. The van der Waals surface area contributed by atoms with Gasteiger partial charge in [-0.2, -0.15) is 4.31 Å². The van der Waals surface area contributed by atoms with Gasteiger partial charge < -0.3 is 5.73 Å². The van der Waals surface area contributed by atoms with Crippen LogP contribution < -0.4 is 5.73 Å². The fraction of sp³-hybridized carbons (Fsp3) is 0.455. The van der Waals surface area contributed by atoms with Crippen molar-refractivity contribution in [2.45, 2.75) is 23.8 Å². The van der Waals surface area contributed by atoms with Gasteiger partial charge in [0.2, 0.25) is 10.0 Å². The lowest BCUT2D eigenvalue weighted by atomic mass is 10.1. The third-order valence-corrected chi connectivity index (χ3v) is 5.44. The summed E-state index contributed by atoms with van der Waals surface area (Å²) >= 11 is 3.10. The molecule has 0 spiro atoms. The summed E-state index contributed by atoms with van der Waals surface area (Å²) in [4.78, 5) is -0.277. The summed E-state index contributed by atoms with van der Waals surface area (Å²) in [6, 6.07) is 3.99. The molecule has 1 aliphatic rings. The summed E-state index contributed by atoms with van der Waals surface area (Å²) in [5.41, 5.74) is 5.73. The number of piperidine rings is 1.